The van der Waals surface area contributed by atoms with E-state index in [1.807, 2.05) is 13.0 Å². The molecule has 0 radical (unpaired) electrons. The fraction of sp³-hybridized carbons (Fsp3) is 0.333. The van der Waals surface area contributed by atoms with Gasteiger partial charge in [-0.25, -0.2) is 19.2 Å². The number of thiophene rings is 1. The number of ether oxygens (including phenoxy) is 1. The van der Waals surface area contributed by atoms with Gasteiger partial charge in [-0.05, 0) is 43.7 Å². The zero-order valence-electron chi connectivity index (χ0n) is 19.1. The fourth-order valence-corrected chi connectivity index (χ4v) is 5.61. The van der Waals surface area contributed by atoms with E-state index in [1.54, 1.807) is 19.2 Å². The predicted octanol–water partition coefficient (Wildman–Crippen LogP) is 3.31. The van der Waals surface area contributed by atoms with E-state index in [-0.39, 0.29) is 18.6 Å². The molecule has 1 fully saturated rings. The highest BCUT2D eigenvalue weighted by Gasteiger charge is 2.28. The molecule has 11 heteroatoms. The maximum Gasteiger partial charge on any atom is 0.331 e. The number of aromatic nitrogens is 4. The summed E-state index contributed by atoms with van der Waals surface area (Å²) in [7, 11) is 1.60. The average Bonchev–Trinajstić information content (AvgIpc) is 3.25. The molecule has 1 saturated heterocycles. The standard InChI is InChI=1S/C24H23ClFN5O3S/c1-13-7-14(25)8-16(22(13)34-19-3-5-27-10-17(19)26)21-23-18(28-12-29-21)9-15(35-23)11-31-20(32)4-6-30(2)24(31)33/h4,6-9,12,17,19,27H,3,5,10-11H2,1-2H3/t17-,19-/m0/s1. The van der Waals surface area contributed by atoms with Crippen LogP contribution >= 0.6 is 22.9 Å². The molecule has 1 N–H and O–H groups in total. The lowest BCUT2D eigenvalue weighted by Gasteiger charge is -2.29. The Hall–Kier alpha value is -3.08. The fourth-order valence-electron chi connectivity index (χ4n) is 4.23. The summed E-state index contributed by atoms with van der Waals surface area (Å²) in [5.74, 6) is 0.534. The Kier molecular flexibility index (Phi) is 6.43. The number of hydrogen-bond donors (Lipinski definition) is 1. The van der Waals surface area contributed by atoms with Crippen molar-refractivity contribution in [2.24, 2.45) is 7.05 Å². The van der Waals surface area contributed by atoms with Gasteiger partial charge in [0.25, 0.3) is 5.56 Å². The molecule has 5 rings (SSSR count). The van der Waals surface area contributed by atoms with Gasteiger partial charge in [-0.2, -0.15) is 0 Å². The molecule has 3 aromatic heterocycles. The minimum atomic E-state index is -1.13. The normalized spacial score (nSPS) is 18.2. The van der Waals surface area contributed by atoms with E-state index >= 15 is 0 Å². The minimum absolute atomic E-state index is 0.114. The van der Waals surface area contributed by atoms with Gasteiger partial charge in [0.2, 0.25) is 0 Å². The molecule has 0 spiro atoms. The lowest BCUT2D eigenvalue weighted by molar-refractivity contribution is 0.0730. The van der Waals surface area contributed by atoms with Crippen molar-refractivity contribution < 1.29 is 9.13 Å². The summed E-state index contributed by atoms with van der Waals surface area (Å²) in [5, 5.41) is 3.54. The zero-order valence-corrected chi connectivity index (χ0v) is 20.7. The van der Waals surface area contributed by atoms with Crippen LogP contribution in [0.2, 0.25) is 5.02 Å². The van der Waals surface area contributed by atoms with Gasteiger partial charge in [0.15, 0.2) is 0 Å². The number of rotatable bonds is 5. The van der Waals surface area contributed by atoms with Gasteiger partial charge in [0.1, 0.15) is 24.4 Å². The van der Waals surface area contributed by atoms with Gasteiger partial charge in [0, 0.05) is 41.3 Å². The number of nitrogens with one attached hydrogen (secondary N) is 1. The largest absolute Gasteiger partial charge is 0.486 e. The summed E-state index contributed by atoms with van der Waals surface area (Å²) in [4.78, 5) is 34.4. The first kappa shape index (κ1) is 23.7. The lowest BCUT2D eigenvalue weighted by atomic mass is 10.0. The molecule has 0 amide bonds. The van der Waals surface area contributed by atoms with E-state index in [2.05, 4.69) is 15.3 Å². The van der Waals surface area contributed by atoms with Gasteiger partial charge in [-0.1, -0.05) is 11.6 Å². The second-order valence-electron chi connectivity index (χ2n) is 8.55. The molecular formula is C24H23ClFN5O3S. The molecule has 182 valence electrons. The second-order valence-corrected chi connectivity index (χ2v) is 10.1. The molecule has 1 aliphatic heterocycles. The first-order valence-corrected chi connectivity index (χ1v) is 12.3. The molecular weight excluding hydrogens is 493 g/mol. The predicted molar refractivity (Wildman–Crippen MR) is 134 cm³/mol. The topological polar surface area (TPSA) is 91.0 Å². The highest BCUT2D eigenvalue weighted by atomic mass is 35.5. The van der Waals surface area contributed by atoms with Crippen molar-refractivity contribution in [1.82, 2.24) is 24.4 Å². The van der Waals surface area contributed by atoms with Gasteiger partial charge >= 0.3 is 5.69 Å². The number of nitrogens with zero attached hydrogens (tertiary/aromatic N) is 4. The van der Waals surface area contributed by atoms with Crippen LogP contribution in [0.5, 0.6) is 5.75 Å². The van der Waals surface area contributed by atoms with Crippen LogP contribution in [0, 0.1) is 6.92 Å². The smallest absolute Gasteiger partial charge is 0.331 e. The maximum atomic E-state index is 14.5. The third-order valence-corrected chi connectivity index (χ3v) is 7.36. The monoisotopic (exact) mass is 515 g/mol. The van der Waals surface area contributed by atoms with Crippen molar-refractivity contribution in [3.63, 3.8) is 0 Å². The van der Waals surface area contributed by atoms with Crippen molar-refractivity contribution in [3.05, 3.63) is 73.1 Å². The molecule has 4 heterocycles. The molecule has 0 unspecified atom stereocenters. The Morgan fingerprint density at radius 3 is 2.91 bits per heavy atom. The summed E-state index contributed by atoms with van der Waals surface area (Å²) in [6, 6.07) is 6.74. The van der Waals surface area contributed by atoms with E-state index in [9.17, 15) is 14.0 Å². The average molecular weight is 516 g/mol. The number of aryl methyl sites for hydroxylation is 2. The van der Waals surface area contributed by atoms with E-state index in [0.717, 1.165) is 15.1 Å². The molecule has 35 heavy (non-hydrogen) atoms. The number of piperidine rings is 1. The van der Waals surface area contributed by atoms with Crippen LogP contribution in [0.4, 0.5) is 4.39 Å². The summed E-state index contributed by atoms with van der Waals surface area (Å²) in [5.41, 5.74) is 1.93. The van der Waals surface area contributed by atoms with Crippen molar-refractivity contribution in [1.29, 1.82) is 0 Å². The molecule has 0 aliphatic carbocycles. The van der Waals surface area contributed by atoms with Crippen LogP contribution in [-0.2, 0) is 13.6 Å². The first-order chi connectivity index (χ1) is 16.8. The van der Waals surface area contributed by atoms with Crippen LogP contribution in [0.25, 0.3) is 21.5 Å². The quantitative estimate of drug-likeness (QED) is 0.438. The highest BCUT2D eigenvalue weighted by Crippen LogP contribution is 2.41. The summed E-state index contributed by atoms with van der Waals surface area (Å²) in [6.07, 6.45) is 1.74. The van der Waals surface area contributed by atoms with E-state index in [1.165, 1.54) is 39.1 Å². The third kappa shape index (κ3) is 4.61. The van der Waals surface area contributed by atoms with Gasteiger partial charge in [-0.15, -0.1) is 11.3 Å². The number of halogens is 2. The van der Waals surface area contributed by atoms with Gasteiger partial charge in [-0.3, -0.25) is 9.36 Å². The molecule has 2 atom stereocenters. The van der Waals surface area contributed by atoms with Crippen LogP contribution in [0.3, 0.4) is 0 Å². The number of alkyl halides is 1. The zero-order chi connectivity index (χ0) is 24.7. The molecule has 0 saturated carbocycles. The Bertz CT molecular complexity index is 1530. The van der Waals surface area contributed by atoms with E-state index < -0.39 is 18.0 Å². The Morgan fingerprint density at radius 1 is 1.29 bits per heavy atom. The first-order valence-electron chi connectivity index (χ1n) is 11.1. The second kappa shape index (κ2) is 9.52. The van der Waals surface area contributed by atoms with Crippen LogP contribution < -0.4 is 21.3 Å². The van der Waals surface area contributed by atoms with E-state index in [4.69, 9.17) is 16.3 Å². The third-order valence-electron chi connectivity index (χ3n) is 6.03. The minimum Gasteiger partial charge on any atom is -0.486 e. The van der Waals surface area contributed by atoms with Crippen LogP contribution in [-0.4, -0.2) is 44.5 Å². The summed E-state index contributed by atoms with van der Waals surface area (Å²) >= 11 is 7.79. The Morgan fingerprint density at radius 2 is 2.11 bits per heavy atom. The van der Waals surface area contributed by atoms with Crippen molar-refractivity contribution >= 4 is 33.2 Å². The molecule has 8 nitrogen and oxygen atoms in total. The molecule has 1 aromatic carbocycles. The Balaban J connectivity index is 1.59. The number of benzene rings is 1. The lowest BCUT2D eigenvalue weighted by Crippen LogP contribution is -2.44. The van der Waals surface area contributed by atoms with Crippen molar-refractivity contribution in [2.75, 3.05) is 13.1 Å². The van der Waals surface area contributed by atoms with Crippen LogP contribution in [0.1, 0.15) is 16.9 Å². The van der Waals surface area contributed by atoms with Crippen LogP contribution in [0.15, 0.2) is 46.4 Å². The highest BCUT2D eigenvalue weighted by molar-refractivity contribution is 7.19. The number of hydrogen-bond acceptors (Lipinski definition) is 7. The molecule has 0 bridgehead atoms. The number of fused-ring (bicyclic) bond motifs is 1. The van der Waals surface area contributed by atoms with E-state index in [0.29, 0.717) is 40.5 Å². The van der Waals surface area contributed by atoms with Crippen molar-refractivity contribution in [2.45, 2.75) is 32.2 Å². The van der Waals surface area contributed by atoms with Gasteiger partial charge in [0.05, 0.1) is 22.5 Å². The summed E-state index contributed by atoms with van der Waals surface area (Å²) < 4.78 is 24.1. The molecule has 4 aromatic rings. The summed E-state index contributed by atoms with van der Waals surface area (Å²) in [6.45, 7) is 2.91. The maximum absolute atomic E-state index is 14.5. The Labute approximate surface area is 209 Å². The SMILES string of the molecule is Cc1cc(Cl)cc(-c2ncnc3cc(Cn4c(=O)ccn(C)c4=O)sc23)c1O[C@H]1CCNC[C@@H]1F. The van der Waals surface area contributed by atoms with Crippen molar-refractivity contribution in [3.8, 4) is 17.0 Å². The molecule has 1 aliphatic rings. The van der Waals surface area contributed by atoms with Gasteiger partial charge < -0.3 is 14.6 Å².